The number of aryl methyl sites for hydroxylation is 1. The van der Waals surface area contributed by atoms with Crippen molar-refractivity contribution >= 4 is 0 Å². The van der Waals surface area contributed by atoms with Crippen molar-refractivity contribution in [2.75, 3.05) is 7.05 Å². The number of hydrogen-bond donors (Lipinski definition) is 1. The molecule has 0 bridgehead atoms. The lowest BCUT2D eigenvalue weighted by molar-refractivity contribution is 0.287. The van der Waals surface area contributed by atoms with E-state index in [-0.39, 0.29) is 0 Å². The average molecular weight is 274 g/mol. The summed E-state index contributed by atoms with van der Waals surface area (Å²) in [7, 11) is 1.98. The number of hydrogen-bond acceptors (Lipinski definition) is 4. The zero-order chi connectivity index (χ0) is 14.4. The second-order valence-electron chi connectivity index (χ2n) is 4.60. The van der Waals surface area contributed by atoms with Crippen LogP contribution in [0, 0.1) is 0 Å². The molecule has 0 saturated carbocycles. The van der Waals surface area contributed by atoms with Gasteiger partial charge in [0, 0.05) is 12.6 Å². The molecule has 0 aliphatic rings. The number of aromatic nitrogens is 3. The molecule has 1 aromatic carbocycles. The maximum Gasteiger partial charge on any atom is 0.164 e. The highest BCUT2D eigenvalue weighted by molar-refractivity contribution is 5.29. The van der Waals surface area contributed by atoms with E-state index in [2.05, 4.69) is 34.5 Å². The maximum atomic E-state index is 5.75. The number of benzene rings is 1. The van der Waals surface area contributed by atoms with Gasteiger partial charge in [-0.2, -0.15) is 5.10 Å². The third-order valence-electron chi connectivity index (χ3n) is 3.40. The molecule has 0 aliphatic carbocycles. The molecule has 0 radical (unpaired) electrons. The highest BCUT2D eigenvalue weighted by Gasteiger charge is 2.07. The van der Waals surface area contributed by atoms with Gasteiger partial charge in [-0.15, -0.1) is 0 Å². The van der Waals surface area contributed by atoms with Gasteiger partial charge in [0.1, 0.15) is 18.7 Å². The summed E-state index contributed by atoms with van der Waals surface area (Å²) in [6.45, 7) is 5.45. The van der Waals surface area contributed by atoms with Gasteiger partial charge in [0.15, 0.2) is 5.82 Å². The Hall–Kier alpha value is -1.88. The Balaban J connectivity index is 1.97. The fraction of sp³-hybridized carbons (Fsp3) is 0.467. The topological polar surface area (TPSA) is 52.0 Å². The Kier molecular flexibility index (Phi) is 5.12. The van der Waals surface area contributed by atoms with Gasteiger partial charge in [-0.05, 0) is 38.1 Å². The van der Waals surface area contributed by atoms with Crippen molar-refractivity contribution in [2.45, 2.75) is 39.5 Å². The molecule has 2 aromatic rings. The zero-order valence-corrected chi connectivity index (χ0v) is 12.3. The molecule has 1 aromatic heterocycles. The van der Waals surface area contributed by atoms with Crippen LogP contribution in [0.3, 0.4) is 0 Å². The summed E-state index contributed by atoms with van der Waals surface area (Å²) < 4.78 is 7.59. The molecule has 0 aliphatic heterocycles. The Morgan fingerprint density at radius 2 is 2.00 bits per heavy atom. The van der Waals surface area contributed by atoms with E-state index in [0.717, 1.165) is 24.5 Å². The predicted octanol–water partition coefficient (Wildman–Crippen LogP) is 2.55. The van der Waals surface area contributed by atoms with Gasteiger partial charge in [-0.25, -0.2) is 9.67 Å². The summed E-state index contributed by atoms with van der Waals surface area (Å²) in [5, 5.41) is 7.42. The van der Waals surface area contributed by atoms with E-state index in [1.807, 2.05) is 30.8 Å². The maximum absolute atomic E-state index is 5.75. The largest absolute Gasteiger partial charge is 0.486 e. The molecular weight excluding hydrogens is 252 g/mol. The van der Waals surface area contributed by atoms with Crippen LogP contribution >= 0.6 is 0 Å². The summed E-state index contributed by atoms with van der Waals surface area (Å²) in [6, 6.07) is 8.60. The van der Waals surface area contributed by atoms with E-state index >= 15 is 0 Å². The van der Waals surface area contributed by atoms with Crippen LogP contribution in [0.25, 0.3) is 0 Å². The van der Waals surface area contributed by atoms with Gasteiger partial charge in [0.2, 0.25) is 0 Å². The number of ether oxygens (including phenoxy) is 1. The second kappa shape index (κ2) is 7.05. The Morgan fingerprint density at radius 3 is 2.60 bits per heavy atom. The van der Waals surface area contributed by atoms with E-state index in [9.17, 15) is 0 Å². The Bertz CT molecular complexity index is 517. The van der Waals surface area contributed by atoms with Crippen LogP contribution in [0.5, 0.6) is 5.75 Å². The summed E-state index contributed by atoms with van der Waals surface area (Å²) in [6.07, 6.45) is 2.63. The molecule has 0 amide bonds. The van der Waals surface area contributed by atoms with Gasteiger partial charge < -0.3 is 10.1 Å². The monoisotopic (exact) mass is 274 g/mol. The lowest BCUT2D eigenvalue weighted by Crippen LogP contribution is -2.15. The van der Waals surface area contributed by atoms with Crippen LogP contribution in [0.15, 0.2) is 30.6 Å². The van der Waals surface area contributed by atoms with Crippen LogP contribution < -0.4 is 10.1 Å². The molecule has 1 N–H and O–H groups in total. The smallest absolute Gasteiger partial charge is 0.164 e. The van der Waals surface area contributed by atoms with Gasteiger partial charge in [-0.1, -0.05) is 19.1 Å². The molecule has 2 rings (SSSR count). The van der Waals surface area contributed by atoms with Crippen LogP contribution in [0.2, 0.25) is 0 Å². The van der Waals surface area contributed by atoms with Crippen molar-refractivity contribution in [3.8, 4) is 5.75 Å². The van der Waals surface area contributed by atoms with Gasteiger partial charge in [0.05, 0.1) is 0 Å². The van der Waals surface area contributed by atoms with Crippen LogP contribution in [0.1, 0.15) is 37.7 Å². The summed E-state index contributed by atoms with van der Waals surface area (Å²) in [4.78, 5) is 4.19. The minimum atomic E-state index is 0.396. The van der Waals surface area contributed by atoms with Crippen molar-refractivity contribution < 1.29 is 4.74 Å². The SMILES string of the molecule is CCC(NC)c1ccc(OCc2ncnn2CC)cc1. The lowest BCUT2D eigenvalue weighted by Gasteiger charge is -2.14. The molecule has 108 valence electrons. The molecule has 0 fully saturated rings. The normalized spacial score (nSPS) is 12.3. The van der Waals surface area contributed by atoms with E-state index in [1.54, 1.807) is 6.33 Å². The number of rotatable bonds is 7. The third-order valence-corrected chi connectivity index (χ3v) is 3.40. The summed E-state index contributed by atoms with van der Waals surface area (Å²) >= 11 is 0. The Labute approximate surface area is 120 Å². The summed E-state index contributed by atoms with van der Waals surface area (Å²) in [5.41, 5.74) is 1.28. The average Bonchev–Trinajstić information content (AvgIpc) is 2.95. The molecule has 5 nitrogen and oxygen atoms in total. The van der Waals surface area contributed by atoms with Crippen LogP contribution in [-0.4, -0.2) is 21.8 Å². The van der Waals surface area contributed by atoms with Gasteiger partial charge in [-0.3, -0.25) is 0 Å². The van der Waals surface area contributed by atoms with Crippen molar-refractivity contribution in [1.82, 2.24) is 20.1 Å². The lowest BCUT2D eigenvalue weighted by atomic mass is 10.1. The molecule has 1 heterocycles. The Morgan fingerprint density at radius 1 is 1.25 bits per heavy atom. The highest BCUT2D eigenvalue weighted by atomic mass is 16.5. The van der Waals surface area contributed by atoms with Gasteiger partial charge >= 0.3 is 0 Å². The number of nitrogens with zero attached hydrogens (tertiary/aromatic N) is 3. The van der Waals surface area contributed by atoms with Crippen molar-refractivity contribution in [1.29, 1.82) is 0 Å². The zero-order valence-electron chi connectivity index (χ0n) is 12.3. The fourth-order valence-corrected chi connectivity index (χ4v) is 2.21. The first kappa shape index (κ1) is 14.5. The van der Waals surface area contributed by atoms with Crippen molar-refractivity contribution in [3.05, 3.63) is 42.0 Å². The van der Waals surface area contributed by atoms with Gasteiger partial charge in [0.25, 0.3) is 0 Å². The first-order chi connectivity index (χ1) is 9.78. The first-order valence-corrected chi connectivity index (χ1v) is 7.05. The minimum absolute atomic E-state index is 0.396. The minimum Gasteiger partial charge on any atom is -0.486 e. The molecule has 0 saturated heterocycles. The van der Waals surface area contributed by atoms with Crippen LogP contribution in [0.4, 0.5) is 0 Å². The highest BCUT2D eigenvalue weighted by Crippen LogP contribution is 2.20. The quantitative estimate of drug-likeness (QED) is 0.843. The summed E-state index contributed by atoms with van der Waals surface area (Å²) in [5.74, 6) is 1.70. The third kappa shape index (κ3) is 3.36. The van der Waals surface area contributed by atoms with Crippen molar-refractivity contribution in [2.24, 2.45) is 0 Å². The molecule has 0 spiro atoms. The molecular formula is C15H22N4O. The molecule has 1 unspecified atom stereocenters. The van der Waals surface area contributed by atoms with E-state index < -0.39 is 0 Å². The fourth-order valence-electron chi connectivity index (χ4n) is 2.21. The van der Waals surface area contributed by atoms with E-state index in [0.29, 0.717) is 12.6 Å². The van der Waals surface area contributed by atoms with E-state index in [1.165, 1.54) is 5.56 Å². The van der Waals surface area contributed by atoms with Crippen molar-refractivity contribution in [3.63, 3.8) is 0 Å². The second-order valence-corrected chi connectivity index (χ2v) is 4.60. The first-order valence-electron chi connectivity index (χ1n) is 7.05. The van der Waals surface area contributed by atoms with Crippen LogP contribution in [-0.2, 0) is 13.2 Å². The predicted molar refractivity (Wildman–Crippen MR) is 78.6 cm³/mol. The molecule has 5 heteroatoms. The standard InChI is InChI=1S/C15H22N4O/c1-4-14(16-3)12-6-8-13(9-7-12)20-10-15-17-11-18-19(15)5-2/h6-9,11,14,16H,4-5,10H2,1-3H3. The molecule has 1 atom stereocenters. The van der Waals surface area contributed by atoms with E-state index in [4.69, 9.17) is 4.74 Å². The molecule has 20 heavy (non-hydrogen) atoms. The number of nitrogens with one attached hydrogen (secondary N) is 1.